The Morgan fingerprint density at radius 1 is 1.10 bits per heavy atom. The van der Waals surface area contributed by atoms with Gasteiger partial charge in [0.1, 0.15) is 23.0 Å². The van der Waals surface area contributed by atoms with Crippen LogP contribution in [0.4, 0.5) is 10.2 Å². The van der Waals surface area contributed by atoms with Gasteiger partial charge in [-0.1, -0.05) is 37.3 Å². The first-order chi connectivity index (χ1) is 14.1. The van der Waals surface area contributed by atoms with Gasteiger partial charge >= 0.3 is 0 Å². The van der Waals surface area contributed by atoms with E-state index in [1.807, 2.05) is 66.9 Å². The van der Waals surface area contributed by atoms with Crippen molar-refractivity contribution in [1.82, 2.24) is 9.38 Å². The molecule has 4 rings (SSSR count). The summed E-state index contributed by atoms with van der Waals surface area (Å²) in [6.07, 6.45) is 2.57. The lowest BCUT2D eigenvalue weighted by Crippen LogP contribution is -2.22. The number of fused-ring (bicyclic) bond motifs is 1. The quantitative estimate of drug-likeness (QED) is 0.486. The Morgan fingerprint density at radius 2 is 1.83 bits per heavy atom. The van der Waals surface area contributed by atoms with Gasteiger partial charge in [0.25, 0.3) is 0 Å². The highest BCUT2D eigenvalue weighted by Gasteiger charge is 2.22. The summed E-state index contributed by atoms with van der Waals surface area (Å²) in [5, 5.41) is 3.08. The zero-order valence-electron chi connectivity index (χ0n) is 16.4. The topological polar surface area (TPSA) is 46.4 Å². The van der Waals surface area contributed by atoms with E-state index in [0.717, 1.165) is 22.3 Å². The number of pyridine rings is 1. The van der Waals surface area contributed by atoms with E-state index < -0.39 is 0 Å². The molecule has 0 aliphatic rings. The number of nitrogens with zero attached hydrogens (tertiary/aromatic N) is 2. The molecule has 4 nitrogen and oxygen atoms in total. The average molecular weight is 387 g/mol. The van der Waals surface area contributed by atoms with Crippen LogP contribution in [0.15, 0.2) is 72.9 Å². The molecule has 0 saturated heterocycles. The number of imidazole rings is 1. The first-order valence-electron chi connectivity index (χ1n) is 9.67. The van der Waals surface area contributed by atoms with Crippen molar-refractivity contribution in [2.24, 2.45) is 0 Å². The zero-order chi connectivity index (χ0) is 20.4. The fraction of sp³-hybridized carbons (Fsp3) is 0.167. The van der Waals surface area contributed by atoms with E-state index in [1.165, 1.54) is 12.1 Å². The molecule has 4 aromatic rings. The van der Waals surface area contributed by atoms with Gasteiger partial charge in [0.15, 0.2) is 0 Å². The zero-order valence-corrected chi connectivity index (χ0v) is 16.4. The number of rotatable bonds is 5. The molecular formula is C24H22FN3O. The van der Waals surface area contributed by atoms with Crippen LogP contribution >= 0.6 is 0 Å². The summed E-state index contributed by atoms with van der Waals surface area (Å²) in [4.78, 5) is 17.9. The smallest absolute Gasteiger partial charge is 0.233 e. The third kappa shape index (κ3) is 3.76. The summed E-state index contributed by atoms with van der Waals surface area (Å²) in [5.41, 5.74) is 4.14. The molecule has 2 aromatic carbocycles. The SMILES string of the molecule is CC[C@H](C(=O)Nc1c(-c2ccc(F)cc2)nc2cc(C)ccn12)c1ccccc1. The van der Waals surface area contributed by atoms with Gasteiger partial charge in [0.05, 0.1) is 5.92 Å². The summed E-state index contributed by atoms with van der Waals surface area (Å²) in [6.45, 7) is 3.99. The molecule has 0 radical (unpaired) electrons. The van der Waals surface area contributed by atoms with E-state index in [2.05, 4.69) is 5.32 Å². The number of aryl methyl sites for hydroxylation is 1. The molecule has 0 aliphatic carbocycles. The van der Waals surface area contributed by atoms with Gasteiger partial charge in [-0.05, 0) is 60.9 Å². The Balaban J connectivity index is 1.78. The van der Waals surface area contributed by atoms with Crippen LogP contribution in [0.5, 0.6) is 0 Å². The maximum absolute atomic E-state index is 13.4. The maximum Gasteiger partial charge on any atom is 0.233 e. The molecule has 0 unspecified atom stereocenters. The third-order valence-electron chi connectivity index (χ3n) is 5.07. The number of hydrogen-bond acceptors (Lipinski definition) is 2. The van der Waals surface area contributed by atoms with Crippen LogP contribution in [0.25, 0.3) is 16.9 Å². The number of benzene rings is 2. The summed E-state index contributed by atoms with van der Waals surface area (Å²) < 4.78 is 15.3. The second-order valence-corrected chi connectivity index (χ2v) is 7.11. The van der Waals surface area contributed by atoms with Crippen LogP contribution in [0.1, 0.15) is 30.4 Å². The molecule has 0 spiro atoms. The van der Waals surface area contributed by atoms with Crippen LogP contribution in [0.3, 0.4) is 0 Å². The second-order valence-electron chi connectivity index (χ2n) is 7.11. The normalized spacial score (nSPS) is 12.1. The molecular weight excluding hydrogens is 365 g/mol. The van der Waals surface area contributed by atoms with Crippen molar-refractivity contribution in [2.75, 3.05) is 5.32 Å². The van der Waals surface area contributed by atoms with Gasteiger partial charge in [-0.2, -0.15) is 0 Å². The monoisotopic (exact) mass is 387 g/mol. The first kappa shape index (κ1) is 18.9. The molecule has 1 amide bonds. The molecule has 1 atom stereocenters. The molecule has 146 valence electrons. The predicted octanol–water partition coefficient (Wildman–Crippen LogP) is 5.58. The van der Waals surface area contributed by atoms with Crippen molar-refractivity contribution in [1.29, 1.82) is 0 Å². The predicted molar refractivity (Wildman–Crippen MR) is 113 cm³/mol. The molecule has 2 heterocycles. The Morgan fingerprint density at radius 3 is 2.52 bits per heavy atom. The molecule has 1 N–H and O–H groups in total. The third-order valence-corrected chi connectivity index (χ3v) is 5.07. The van der Waals surface area contributed by atoms with Crippen molar-refractivity contribution in [3.8, 4) is 11.3 Å². The fourth-order valence-corrected chi connectivity index (χ4v) is 3.54. The minimum atomic E-state index is -0.311. The van der Waals surface area contributed by atoms with E-state index in [9.17, 15) is 9.18 Å². The number of hydrogen-bond donors (Lipinski definition) is 1. The second kappa shape index (κ2) is 7.87. The standard InChI is InChI=1S/C24H22FN3O/c1-3-20(17-7-5-4-6-8-17)24(29)27-23-22(18-9-11-19(25)12-10-18)26-21-15-16(2)13-14-28(21)23/h4-15,20H,3H2,1-2H3,(H,27,29)/t20-/m0/s1. The lowest BCUT2D eigenvalue weighted by atomic mass is 9.95. The van der Waals surface area contributed by atoms with Gasteiger partial charge in [-0.3, -0.25) is 9.20 Å². The van der Waals surface area contributed by atoms with Gasteiger partial charge in [-0.25, -0.2) is 9.37 Å². The van der Waals surface area contributed by atoms with Crippen LogP contribution < -0.4 is 5.32 Å². The van der Waals surface area contributed by atoms with E-state index in [1.54, 1.807) is 12.1 Å². The maximum atomic E-state index is 13.4. The number of aromatic nitrogens is 2. The lowest BCUT2D eigenvalue weighted by molar-refractivity contribution is -0.117. The number of carbonyl (C=O) groups excluding carboxylic acids is 1. The van der Waals surface area contributed by atoms with E-state index >= 15 is 0 Å². The van der Waals surface area contributed by atoms with Crippen LogP contribution in [-0.4, -0.2) is 15.3 Å². The number of anilines is 1. The van der Waals surface area contributed by atoms with Crippen LogP contribution in [0, 0.1) is 12.7 Å². The van der Waals surface area contributed by atoms with Crippen LogP contribution in [0.2, 0.25) is 0 Å². The van der Waals surface area contributed by atoms with E-state index in [0.29, 0.717) is 17.9 Å². The Kier molecular flexibility index (Phi) is 5.12. The molecule has 0 fully saturated rings. The molecule has 0 saturated carbocycles. The summed E-state index contributed by atoms with van der Waals surface area (Å²) in [5.74, 6) is -0.0854. The number of amides is 1. The highest BCUT2D eigenvalue weighted by Crippen LogP contribution is 2.31. The van der Waals surface area contributed by atoms with Gasteiger partial charge in [0.2, 0.25) is 5.91 Å². The Labute approximate surface area is 169 Å². The minimum absolute atomic E-state index is 0.0931. The van der Waals surface area contributed by atoms with Crippen LogP contribution in [-0.2, 0) is 4.79 Å². The van der Waals surface area contributed by atoms with Gasteiger partial charge in [-0.15, -0.1) is 0 Å². The number of carbonyl (C=O) groups is 1. The number of nitrogens with one attached hydrogen (secondary N) is 1. The van der Waals surface area contributed by atoms with E-state index in [4.69, 9.17) is 4.98 Å². The highest BCUT2D eigenvalue weighted by atomic mass is 19.1. The van der Waals surface area contributed by atoms with Gasteiger partial charge < -0.3 is 5.32 Å². The Hall–Kier alpha value is -3.47. The minimum Gasteiger partial charge on any atom is -0.309 e. The molecule has 5 heteroatoms. The summed E-state index contributed by atoms with van der Waals surface area (Å²) >= 11 is 0. The van der Waals surface area contributed by atoms with Gasteiger partial charge in [0, 0.05) is 11.8 Å². The lowest BCUT2D eigenvalue weighted by Gasteiger charge is -2.16. The average Bonchev–Trinajstić information content (AvgIpc) is 3.07. The highest BCUT2D eigenvalue weighted by molar-refractivity contribution is 5.98. The van der Waals surface area contributed by atoms with Crippen molar-refractivity contribution in [3.05, 3.63) is 89.9 Å². The van der Waals surface area contributed by atoms with Crippen molar-refractivity contribution in [2.45, 2.75) is 26.2 Å². The molecule has 0 bridgehead atoms. The molecule has 0 aliphatic heterocycles. The Bertz CT molecular complexity index is 1150. The van der Waals surface area contributed by atoms with Crippen molar-refractivity contribution < 1.29 is 9.18 Å². The van der Waals surface area contributed by atoms with Crippen molar-refractivity contribution in [3.63, 3.8) is 0 Å². The molecule has 2 aromatic heterocycles. The fourth-order valence-electron chi connectivity index (χ4n) is 3.54. The van der Waals surface area contributed by atoms with E-state index in [-0.39, 0.29) is 17.6 Å². The number of halogens is 1. The summed E-state index contributed by atoms with van der Waals surface area (Å²) in [6, 6.07) is 19.8. The first-order valence-corrected chi connectivity index (χ1v) is 9.67. The molecule has 29 heavy (non-hydrogen) atoms. The van der Waals surface area contributed by atoms with Crippen molar-refractivity contribution >= 4 is 17.4 Å². The largest absolute Gasteiger partial charge is 0.309 e. The summed E-state index contributed by atoms with van der Waals surface area (Å²) in [7, 11) is 0.